The molecule has 1 rings (SSSR count). The highest BCUT2D eigenvalue weighted by molar-refractivity contribution is 5.75. The van der Waals surface area contributed by atoms with Gasteiger partial charge in [0.25, 0.3) is 0 Å². The summed E-state index contributed by atoms with van der Waals surface area (Å²) in [5.74, 6) is 0. The molecule has 0 spiro atoms. The quantitative estimate of drug-likeness (QED) is 0.710. The van der Waals surface area contributed by atoms with Gasteiger partial charge in [-0.3, -0.25) is 0 Å². The first kappa shape index (κ1) is 12.6. The number of rotatable bonds is 5. The lowest BCUT2D eigenvalue weighted by Gasteiger charge is -2.18. The molecule has 0 aromatic rings. The number of nitrogens with zero attached hydrogens (tertiary/aromatic N) is 1. The molecule has 1 N–H and O–H groups in total. The third kappa shape index (κ3) is 3.93. The molecule has 0 bridgehead atoms. The number of allylic oxidation sites excluding steroid dienone is 1. The maximum Gasteiger partial charge on any atom is 0.321 e. The van der Waals surface area contributed by atoms with Gasteiger partial charge in [0.2, 0.25) is 0 Å². The van der Waals surface area contributed by atoms with Crippen molar-refractivity contribution in [1.29, 1.82) is 0 Å². The molecule has 0 aromatic heterocycles. The van der Waals surface area contributed by atoms with Gasteiger partial charge in [0.15, 0.2) is 0 Å². The second kappa shape index (κ2) is 6.88. The number of hydrogen-bond acceptors (Lipinski definition) is 1. The second-order valence-corrected chi connectivity index (χ2v) is 3.94. The Kier molecular flexibility index (Phi) is 5.40. The molecule has 1 aliphatic carbocycles. The minimum absolute atomic E-state index is 0.0841. The van der Waals surface area contributed by atoms with Crippen LogP contribution in [0.1, 0.15) is 25.7 Å². The summed E-state index contributed by atoms with van der Waals surface area (Å²) in [6.07, 6.45) is 9.99. The van der Waals surface area contributed by atoms with Gasteiger partial charge in [0.1, 0.15) is 0 Å². The Morgan fingerprint density at radius 2 is 1.81 bits per heavy atom. The van der Waals surface area contributed by atoms with Crippen LogP contribution in [0, 0.1) is 0 Å². The van der Waals surface area contributed by atoms with Gasteiger partial charge in [-0.2, -0.15) is 0 Å². The van der Waals surface area contributed by atoms with Crippen molar-refractivity contribution < 1.29 is 4.79 Å². The van der Waals surface area contributed by atoms with Crippen LogP contribution < -0.4 is 5.32 Å². The normalized spacial score (nSPS) is 14.4. The maximum absolute atomic E-state index is 11.8. The van der Waals surface area contributed by atoms with E-state index in [2.05, 4.69) is 18.5 Å². The van der Waals surface area contributed by atoms with Gasteiger partial charge in [0, 0.05) is 19.3 Å². The Hall–Kier alpha value is -1.51. The summed E-state index contributed by atoms with van der Waals surface area (Å²) in [6.45, 7) is 8.35. The second-order valence-electron chi connectivity index (χ2n) is 3.94. The Bertz CT molecular complexity index is 276. The lowest BCUT2D eigenvalue weighted by atomic mass is 10.2. The van der Waals surface area contributed by atoms with Crippen molar-refractivity contribution >= 4 is 6.03 Å². The van der Waals surface area contributed by atoms with E-state index >= 15 is 0 Å². The number of hydrogen-bond donors (Lipinski definition) is 1. The van der Waals surface area contributed by atoms with Gasteiger partial charge in [-0.15, -0.1) is 13.2 Å². The van der Waals surface area contributed by atoms with Gasteiger partial charge < -0.3 is 10.2 Å². The van der Waals surface area contributed by atoms with Crippen molar-refractivity contribution in [1.82, 2.24) is 10.2 Å². The van der Waals surface area contributed by atoms with E-state index in [0.717, 1.165) is 12.8 Å². The topological polar surface area (TPSA) is 32.3 Å². The van der Waals surface area contributed by atoms with Crippen molar-refractivity contribution in [3.8, 4) is 0 Å². The van der Waals surface area contributed by atoms with Crippen LogP contribution in [-0.4, -0.2) is 24.0 Å². The first-order valence-electron chi connectivity index (χ1n) is 5.73. The zero-order chi connectivity index (χ0) is 11.8. The van der Waals surface area contributed by atoms with E-state index in [1.54, 1.807) is 17.1 Å². The van der Waals surface area contributed by atoms with Crippen LogP contribution in [-0.2, 0) is 0 Å². The average Bonchev–Trinajstić information content (AvgIpc) is 2.78. The Morgan fingerprint density at radius 1 is 1.25 bits per heavy atom. The van der Waals surface area contributed by atoms with Gasteiger partial charge in [-0.05, 0) is 25.7 Å². The summed E-state index contributed by atoms with van der Waals surface area (Å²) >= 11 is 0. The number of carbonyl (C=O) groups is 1. The first-order valence-corrected chi connectivity index (χ1v) is 5.73. The molecule has 0 atom stereocenters. The maximum atomic E-state index is 11.8. The van der Waals surface area contributed by atoms with Gasteiger partial charge in [-0.25, -0.2) is 4.79 Å². The SMILES string of the molecule is C=CCN(CC=C)C(=O)NC=C1CCCC1. The first-order chi connectivity index (χ1) is 7.77. The predicted molar refractivity (Wildman–Crippen MR) is 67.0 cm³/mol. The van der Waals surface area contributed by atoms with Gasteiger partial charge >= 0.3 is 6.03 Å². The van der Waals surface area contributed by atoms with Crippen molar-refractivity contribution in [3.63, 3.8) is 0 Å². The van der Waals surface area contributed by atoms with E-state index in [0.29, 0.717) is 13.1 Å². The summed E-state index contributed by atoms with van der Waals surface area (Å²) in [7, 11) is 0. The van der Waals surface area contributed by atoms with E-state index in [9.17, 15) is 4.79 Å². The van der Waals surface area contributed by atoms with E-state index < -0.39 is 0 Å². The molecule has 16 heavy (non-hydrogen) atoms. The van der Waals surface area contributed by atoms with E-state index in [4.69, 9.17) is 0 Å². The van der Waals surface area contributed by atoms with E-state index in [1.807, 2.05) is 6.20 Å². The highest BCUT2D eigenvalue weighted by Crippen LogP contribution is 2.22. The molecule has 1 saturated carbocycles. The molecule has 0 aliphatic heterocycles. The molecule has 3 nitrogen and oxygen atoms in total. The smallest absolute Gasteiger partial charge is 0.317 e. The van der Waals surface area contributed by atoms with E-state index in [-0.39, 0.29) is 6.03 Å². The molecule has 0 radical (unpaired) electrons. The zero-order valence-corrected chi connectivity index (χ0v) is 9.74. The third-order valence-electron chi connectivity index (χ3n) is 2.63. The fourth-order valence-electron chi connectivity index (χ4n) is 1.78. The third-order valence-corrected chi connectivity index (χ3v) is 2.63. The fraction of sp³-hybridized carbons (Fsp3) is 0.462. The molecule has 1 aliphatic rings. The van der Waals surface area contributed by atoms with Crippen molar-refractivity contribution in [2.75, 3.05) is 13.1 Å². The van der Waals surface area contributed by atoms with Crippen molar-refractivity contribution in [2.45, 2.75) is 25.7 Å². The van der Waals surface area contributed by atoms with Gasteiger partial charge in [-0.1, -0.05) is 17.7 Å². The minimum Gasteiger partial charge on any atom is -0.317 e. The number of carbonyl (C=O) groups excluding carboxylic acids is 1. The summed E-state index contributed by atoms with van der Waals surface area (Å²) in [5, 5.41) is 2.82. The number of nitrogens with one attached hydrogen (secondary N) is 1. The number of urea groups is 1. The van der Waals surface area contributed by atoms with Crippen LogP contribution in [0.4, 0.5) is 4.79 Å². The van der Waals surface area contributed by atoms with Crippen molar-refractivity contribution in [2.24, 2.45) is 0 Å². The van der Waals surface area contributed by atoms with Gasteiger partial charge in [0.05, 0.1) is 0 Å². The number of amides is 2. The molecule has 2 amide bonds. The van der Waals surface area contributed by atoms with Crippen LogP contribution in [0.5, 0.6) is 0 Å². The molecule has 88 valence electrons. The Morgan fingerprint density at radius 3 is 2.31 bits per heavy atom. The van der Waals surface area contributed by atoms with Crippen LogP contribution in [0.2, 0.25) is 0 Å². The molecule has 0 heterocycles. The van der Waals surface area contributed by atoms with Crippen molar-refractivity contribution in [3.05, 3.63) is 37.1 Å². The Labute approximate surface area is 97.5 Å². The van der Waals surface area contributed by atoms with Crippen LogP contribution >= 0.6 is 0 Å². The fourth-order valence-corrected chi connectivity index (χ4v) is 1.78. The summed E-state index contributed by atoms with van der Waals surface area (Å²) in [5.41, 5.74) is 1.34. The molecule has 0 unspecified atom stereocenters. The predicted octanol–water partition coefficient (Wildman–Crippen LogP) is 2.83. The Balaban J connectivity index is 2.44. The van der Waals surface area contributed by atoms with Crippen LogP contribution in [0.15, 0.2) is 37.1 Å². The zero-order valence-electron chi connectivity index (χ0n) is 9.74. The van der Waals surface area contributed by atoms with Crippen LogP contribution in [0.25, 0.3) is 0 Å². The lowest BCUT2D eigenvalue weighted by Crippen LogP contribution is -2.37. The summed E-state index contributed by atoms with van der Waals surface area (Å²) < 4.78 is 0. The minimum atomic E-state index is -0.0841. The molecule has 0 aromatic carbocycles. The summed E-state index contributed by atoms with van der Waals surface area (Å²) in [4.78, 5) is 13.4. The molecular formula is C13H20N2O. The average molecular weight is 220 g/mol. The molecule has 0 saturated heterocycles. The monoisotopic (exact) mass is 220 g/mol. The standard InChI is InChI=1S/C13H20N2O/c1-3-9-15(10-4-2)13(16)14-11-12-7-5-6-8-12/h3-4,11H,1-2,5-10H2,(H,14,16). The highest BCUT2D eigenvalue weighted by atomic mass is 16.2. The molecule has 1 fully saturated rings. The molecule has 3 heteroatoms. The van der Waals surface area contributed by atoms with Crippen LogP contribution in [0.3, 0.4) is 0 Å². The van der Waals surface area contributed by atoms with E-state index in [1.165, 1.54) is 18.4 Å². The lowest BCUT2D eigenvalue weighted by molar-refractivity contribution is 0.212. The highest BCUT2D eigenvalue weighted by Gasteiger charge is 2.10. The largest absolute Gasteiger partial charge is 0.321 e. The molecular weight excluding hydrogens is 200 g/mol. The summed E-state index contributed by atoms with van der Waals surface area (Å²) in [6, 6.07) is -0.0841.